The molecule has 1 aromatic carbocycles. The number of oxime groups is 1. The summed E-state index contributed by atoms with van der Waals surface area (Å²) in [5, 5.41) is 11.9. The van der Waals surface area contributed by atoms with Gasteiger partial charge in [0.1, 0.15) is 5.84 Å². The molecule has 0 aromatic heterocycles. The van der Waals surface area contributed by atoms with Gasteiger partial charge in [0.05, 0.1) is 0 Å². The largest absolute Gasteiger partial charge is 0.409 e. The van der Waals surface area contributed by atoms with Gasteiger partial charge < -0.3 is 10.9 Å². The number of nitrogens with zero attached hydrogens (tertiary/aromatic N) is 2. The van der Waals surface area contributed by atoms with Crippen molar-refractivity contribution in [1.29, 1.82) is 0 Å². The average molecular weight is 263 g/mol. The molecule has 3 N–H and O–H groups in total. The highest BCUT2D eigenvalue weighted by Gasteiger charge is 2.24. The summed E-state index contributed by atoms with van der Waals surface area (Å²) in [6.45, 7) is 9.00. The van der Waals surface area contributed by atoms with Crippen LogP contribution in [-0.4, -0.2) is 29.0 Å². The molecule has 1 aromatic rings. The first kappa shape index (κ1) is 15.5. The van der Waals surface area contributed by atoms with Crippen molar-refractivity contribution in [2.24, 2.45) is 16.3 Å². The molecule has 106 valence electrons. The molecule has 0 aliphatic heterocycles. The van der Waals surface area contributed by atoms with Gasteiger partial charge in [-0.1, -0.05) is 56.3 Å². The van der Waals surface area contributed by atoms with E-state index in [1.54, 1.807) is 0 Å². The lowest BCUT2D eigenvalue weighted by Gasteiger charge is -2.27. The summed E-state index contributed by atoms with van der Waals surface area (Å²) in [4.78, 5) is 2.36. The molecule has 0 spiro atoms. The average Bonchev–Trinajstić information content (AvgIpc) is 2.43. The van der Waals surface area contributed by atoms with Crippen LogP contribution in [0.1, 0.15) is 32.8 Å². The normalized spacial score (nSPS) is 12.9. The number of rotatable bonds is 7. The van der Waals surface area contributed by atoms with Crippen molar-refractivity contribution in [3.05, 3.63) is 35.9 Å². The summed E-state index contributed by atoms with van der Waals surface area (Å²) in [5.41, 5.74) is 6.74. The van der Waals surface area contributed by atoms with Gasteiger partial charge in [0.25, 0.3) is 0 Å². The molecular formula is C15H25N3O. The predicted octanol–water partition coefficient (Wildman–Crippen LogP) is 2.67. The van der Waals surface area contributed by atoms with Crippen molar-refractivity contribution in [3.8, 4) is 0 Å². The van der Waals surface area contributed by atoms with Gasteiger partial charge in [-0.05, 0) is 25.1 Å². The Morgan fingerprint density at radius 2 is 1.95 bits per heavy atom. The third-order valence-electron chi connectivity index (χ3n) is 3.55. The van der Waals surface area contributed by atoms with Crippen molar-refractivity contribution in [1.82, 2.24) is 4.90 Å². The fourth-order valence-corrected chi connectivity index (χ4v) is 1.89. The Morgan fingerprint density at radius 1 is 1.32 bits per heavy atom. The van der Waals surface area contributed by atoms with E-state index in [0.717, 1.165) is 26.1 Å². The van der Waals surface area contributed by atoms with E-state index in [1.165, 1.54) is 5.56 Å². The van der Waals surface area contributed by atoms with Crippen LogP contribution in [0.5, 0.6) is 0 Å². The molecule has 0 amide bonds. The first-order chi connectivity index (χ1) is 8.99. The van der Waals surface area contributed by atoms with E-state index in [2.05, 4.69) is 41.2 Å². The molecule has 0 atom stereocenters. The zero-order valence-electron chi connectivity index (χ0n) is 12.1. The Morgan fingerprint density at radius 3 is 2.47 bits per heavy atom. The first-order valence-corrected chi connectivity index (χ1v) is 6.74. The second kappa shape index (κ2) is 7.14. The van der Waals surface area contributed by atoms with Crippen molar-refractivity contribution >= 4 is 5.84 Å². The van der Waals surface area contributed by atoms with Crippen LogP contribution in [0, 0.1) is 5.41 Å². The van der Waals surface area contributed by atoms with Gasteiger partial charge >= 0.3 is 0 Å². The summed E-state index contributed by atoms with van der Waals surface area (Å²) < 4.78 is 0. The zero-order chi connectivity index (χ0) is 14.3. The second-order valence-electron chi connectivity index (χ2n) is 5.47. The van der Waals surface area contributed by atoms with Crippen LogP contribution in [0.25, 0.3) is 0 Å². The van der Waals surface area contributed by atoms with Crippen LogP contribution in [0.15, 0.2) is 35.5 Å². The number of hydrogen-bond donors (Lipinski definition) is 2. The van der Waals surface area contributed by atoms with E-state index in [-0.39, 0.29) is 5.41 Å². The van der Waals surface area contributed by atoms with Gasteiger partial charge in [0, 0.05) is 12.0 Å². The Labute approximate surface area is 115 Å². The van der Waals surface area contributed by atoms with Gasteiger partial charge in [-0.3, -0.25) is 4.90 Å². The van der Waals surface area contributed by atoms with Crippen molar-refractivity contribution in [3.63, 3.8) is 0 Å². The van der Waals surface area contributed by atoms with E-state index in [4.69, 9.17) is 10.9 Å². The summed E-state index contributed by atoms with van der Waals surface area (Å²) >= 11 is 0. The molecule has 19 heavy (non-hydrogen) atoms. The number of amidine groups is 1. The van der Waals surface area contributed by atoms with E-state index in [9.17, 15) is 0 Å². The Balaban J connectivity index is 2.54. The minimum absolute atomic E-state index is 0.279. The van der Waals surface area contributed by atoms with Crippen LogP contribution in [0.4, 0.5) is 0 Å². The number of hydrogen-bond acceptors (Lipinski definition) is 3. The summed E-state index contributed by atoms with van der Waals surface area (Å²) in [7, 11) is 0. The van der Waals surface area contributed by atoms with Crippen LogP contribution in [0.3, 0.4) is 0 Å². The SMILES string of the molecule is CCN(CCC(C)(C)C(N)=NO)Cc1ccccc1. The Bertz CT molecular complexity index is 401. The van der Waals surface area contributed by atoms with Crippen LogP contribution in [-0.2, 0) is 6.54 Å². The lowest BCUT2D eigenvalue weighted by atomic mass is 9.88. The molecule has 0 heterocycles. The van der Waals surface area contributed by atoms with Crippen molar-refractivity contribution < 1.29 is 5.21 Å². The second-order valence-corrected chi connectivity index (χ2v) is 5.47. The molecule has 4 nitrogen and oxygen atoms in total. The maximum atomic E-state index is 8.78. The van der Waals surface area contributed by atoms with E-state index < -0.39 is 0 Å². The predicted molar refractivity (Wildman–Crippen MR) is 79.2 cm³/mol. The maximum Gasteiger partial charge on any atom is 0.144 e. The Kier molecular flexibility index (Phi) is 5.83. The summed E-state index contributed by atoms with van der Waals surface area (Å²) in [6, 6.07) is 10.4. The third-order valence-corrected chi connectivity index (χ3v) is 3.55. The smallest absolute Gasteiger partial charge is 0.144 e. The lowest BCUT2D eigenvalue weighted by Crippen LogP contribution is -2.36. The quantitative estimate of drug-likeness (QED) is 0.344. The lowest BCUT2D eigenvalue weighted by molar-refractivity contribution is 0.243. The van der Waals surface area contributed by atoms with Gasteiger partial charge in [0.2, 0.25) is 0 Å². The van der Waals surface area contributed by atoms with Crippen molar-refractivity contribution in [2.75, 3.05) is 13.1 Å². The molecule has 0 aliphatic carbocycles. The molecule has 0 radical (unpaired) electrons. The van der Waals surface area contributed by atoms with E-state index in [0.29, 0.717) is 5.84 Å². The molecule has 0 bridgehead atoms. The molecule has 4 heteroatoms. The highest BCUT2D eigenvalue weighted by molar-refractivity contribution is 5.85. The first-order valence-electron chi connectivity index (χ1n) is 6.74. The molecule has 0 fully saturated rings. The molecular weight excluding hydrogens is 238 g/mol. The summed E-state index contributed by atoms with van der Waals surface area (Å²) in [6.07, 6.45) is 0.865. The van der Waals surface area contributed by atoms with Crippen molar-refractivity contribution in [2.45, 2.75) is 33.7 Å². The highest BCUT2D eigenvalue weighted by Crippen LogP contribution is 2.21. The van der Waals surface area contributed by atoms with Gasteiger partial charge in [-0.15, -0.1) is 0 Å². The zero-order valence-corrected chi connectivity index (χ0v) is 12.1. The fraction of sp³-hybridized carbons (Fsp3) is 0.533. The number of nitrogens with two attached hydrogens (primary N) is 1. The van der Waals surface area contributed by atoms with Crippen LogP contribution < -0.4 is 5.73 Å². The molecule has 0 aliphatic rings. The summed E-state index contributed by atoms with van der Waals surface area (Å²) in [5.74, 6) is 0.295. The van der Waals surface area contributed by atoms with Crippen LogP contribution in [0.2, 0.25) is 0 Å². The Hall–Kier alpha value is -1.55. The molecule has 0 saturated carbocycles. The molecule has 0 unspecified atom stereocenters. The number of benzene rings is 1. The van der Waals surface area contributed by atoms with Gasteiger partial charge in [0.15, 0.2) is 0 Å². The topological polar surface area (TPSA) is 61.8 Å². The van der Waals surface area contributed by atoms with Gasteiger partial charge in [-0.25, -0.2) is 0 Å². The third kappa shape index (κ3) is 4.91. The van der Waals surface area contributed by atoms with Crippen LogP contribution >= 0.6 is 0 Å². The molecule has 0 saturated heterocycles. The van der Waals surface area contributed by atoms with E-state index in [1.807, 2.05) is 19.9 Å². The van der Waals surface area contributed by atoms with Gasteiger partial charge in [-0.2, -0.15) is 0 Å². The maximum absolute atomic E-state index is 8.78. The fourth-order valence-electron chi connectivity index (χ4n) is 1.89. The monoisotopic (exact) mass is 263 g/mol. The standard InChI is InChI=1S/C15H25N3O/c1-4-18(12-13-8-6-5-7-9-13)11-10-15(2,3)14(16)17-19/h5-9,19H,4,10-12H2,1-3H3,(H2,16,17). The van der Waals surface area contributed by atoms with E-state index >= 15 is 0 Å². The minimum atomic E-state index is -0.279. The minimum Gasteiger partial charge on any atom is -0.409 e. The molecule has 1 rings (SSSR count). The highest BCUT2D eigenvalue weighted by atomic mass is 16.4.